The number of pyridine rings is 1. The van der Waals surface area contributed by atoms with Crippen molar-refractivity contribution in [3.05, 3.63) is 53.9 Å². The lowest BCUT2D eigenvalue weighted by Gasteiger charge is -2.24. The molecule has 0 aliphatic carbocycles. The lowest BCUT2D eigenvalue weighted by molar-refractivity contribution is 0.831. The predicted octanol–water partition coefficient (Wildman–Crippen LogP) is 2.56. The largest absolute Gasteiger partial charge is 0.397 e. The Morgan fingerprint density at radius 2 is 2.11 bits per heavy atom. The molecule has 0 bridgehead atoms. The molecule has 96 valence electrons. The lowest BCUT2D eigenvalue weighted by atomic mass is 10.2. The van der Waals surface area contributed by atoms with Crippen LogP contribution >= 0.6 is 0 Å². The van der Waals surface area contributed by atoms with Gasteiger partial charge in [0.15, 0.2) is 0 Å². The van der Waals surface area contributed by atoms with Crippen molar-refractivity contribution in [3.63, 3.8) is 0 Å². The molecule has 0 radical (unpaired) electrons. The van der Waals surface area contributed by atoms with E-state index in [0.29, 0.717) is 12.2 Å². The van der Waals surface area contributed by atoms with Gasteiger partial charge in [0.05, 0.1) is 11.4 Å². The van der Waals surface area contributed by atoms with Crippen molar-refractivity contribution in [3.8, 4) is 6.07 Å². The highest BCUT2D eigenvalue weighted by molar-refractivity contribution is 5.67. The molecule has 0 amide bonds. The molecule has 4 heteroatoms. The van der Waals surface area contributed by atoms with Gasteiger partial charge >= 0.3 is 0 Å². The number of nitrogen functional groups attached to an aromatic ring is 1. The molecule has 0 fully saturated rings. The predicted molar refractivity (Wildman–Crippen MR) is 76.5 cm³/mol. The quantitative estimate of drug-likeness (QED) is 0.849. The van der Waals surface area contributed by atoms with E-state index in [-0.39, 0.29) is 0 Å². The number of anilines is 2. The maximum Gasteiger partial charge on any atom is 0.140 e. The van der Waals surface area contributed by atoms with Crippen molar-refractivity contribution < 1.29 is 0 Å². The zero-order valence-electron chi connectivity index (χ0n) is 10.9. The van der Waals surface area contributed by atoms with E-state index in [4.69, 9.17) is 11.0 Å². The summed E-state index contributed by atoms with van der Waals surface area (Å²) in [4.78, 5) is 6.15. The summed E-state index contributed by atoms with van der Waals surface area (Å²) >= 11 is 0. The fourth-order valence-electron chi connectivity index (χ4n) is 2.00. The Kier molecular flexibility index (Phi) is 3.99. The fraction of sp³-hybridized carbons (Fsp3) is 0.200. The van der Waals surface area contributed by atoms with E-state index < -0.39 is 0 Å². The Hall–Kier alpha value is -2.54. The zero-order valence-corrected chi connectivity index (χ0v) is 10.9. The van der Waals surface area contributed by atoms with E-state index in [1.54, 1.807) is 6.20 Å². The molecule has 0 spiro atoms. The molecular formula is C15H16N4. The number of aromatic nitrogens is 1. The van der Waals surface area contributed by atoms with E-state index in [9.17, 15) is 0 Å². The van der Waals surface area contributed by atoms with Crippen molar-refractivity contribution in [2.75, 3.05) is 17.2 Å². The molecule has 1 heterocycles. The Morgan fingerprint density at radius 3 is 2.79 bits per heavy atom. The van der Waals surface area contributed by atoms with E-state index in [2.05, 4.69) is 22.9 Å². The minimum absolute atomic E-state index is 0.439. The number of para-hydroxylation sites is 2. The summed E-state index contributed by atoms with van der Waals surface area (Å²) in [5.74, 6) is 0. The van der Waals surface area contributed by atoms with Gasteiger partial charge < -0.3 is 10.6 Å². The standard InChI is InChI=1S/C15H16N4/c1-2-19(15-6-4-3-5-14(15)17)11-12-7-8-18-13(9-12)10-16/h3-9H,2,11,17H2,1H3. The van der Waals surface area contributed by atoms with Gasteiger partial charge in [0.25, 0.3) is 0 Å². The second-order valence-electron chi connectivity index (χ2n) is 4.23. The average molecular weight is 252 g/mol. The van der Waals surface area contributed by atoms with E-state index >= 15 is 0 Å². The Balaban J connectivity index is 2.24. The molecule has 1 aromatic carbocycles. The van der Waals surface area contributed by atoms with Crippen LogP contribution in [0.3, 0.4) is 0 Å². The number of hydrogen-bond donors (Lipinski definition) is 1. The molecule has 0 unspecified atom stereocenters. The molecule has 0 saturated carbocycles. The van der Waals surface area contributed by atoms with Gasteiger partial charge in [0, 0.05) is 19.3 Å². The second-order valence-corrected chi connectivity index (χ2v) is 4.23. The first-order valence-electron chi connectivity index (χ1n) is 6.19. The van der Waals surface area contributed by atoms with Crippen LogP contribution in [-0.4, -0.2) is 11.5 Å². The van der Waals surface area contributed by atoms with Gasteiger partial charge in [-0.3, -0.25) is 0 Å². The molecule has 19 heavy (non-hydrogen) atoms. The molecule has 2 aromatic rings. The first-order chi connectivity index (χ1) is 9.24. The normalized spacial score (nSPS) is 9.89. The van der Waals surface area contributed by atoms with Crippen LogP contribution in [0.5, 0.6) is 0 Å². The Bertz CT molecular complexity index is 601. The zero-order chi connectivity index (χ0) is 13.7. The van der Waals surface area contributed by atoms with Crippen molar-refractivity contribution in [2.45, 2.75) is 13.5 Å². The van der Waals surface area contributed by atoms with Gasteiger partial charge in [0.2, 0.25) is 0 Å². The van der Waals surface area contributed by atoms with Gasteiger partial charge in [-0.1, -0.05) is 12.1 Å². The third-order valence-corrected chi connectivity index (χ3v) is 2.97. The second kappa shape index (κ2) is 5.87. The van der Waals surface area contributed by atoms with Crippen LogP contribution in [-0.2, 0) is 6.54 Å². The molecule has 4 nitrogen and oxygen atoms in total. The number of rotatable bonds is 4. The van der Waals surface area contributed by atoms with Crippen LogP contribution < -0.4 is 10.6 Å². The monoisotopic (exact) mass is 252 g/mol. The Labute approximate surface area is 113 Å². The van der Waals surface area contributed by atoms with E-state index in [1.165, 1.54) is 0 Å². The summed E-state index contributed by atoms with van der Waals surface area (Å²) < 4.78 is 0. The molecule has 2 rings (SSSR count). The molecule has 0 atom stereocenters. The molecule has 0 aliphatic rings. The molecule has 2 N–H and O–H groups in total. The summed E-state index contributed by atoms with van der Waals surface area (Å²) in [6, 6.07) is 13.6. The maximum atomic E-state index is 8.87. The van der Waals surface area contributed by atoms with Crippen LogP contribution in [0.15, 0.2) is 42.6 Å². The van der Waals surface area contributed by atoms with Crippen LogP contribution in [0.1, 0.15) is 18.2 Å². The SMILES string of the molecule is CCN(Cc1ccnc(C#N)c1)c1ccccc1N. The highest BCUT2D eigenvalue weighted by atomic mass is 15.1. The van der Waals surface area contributed by atoms with Gasteiger partial charge in [-0.15, -0.1) is 0 Å². The van der Waals surface area contributed by atoms with Crippen molar-refractivity contribution in [1.82, 2.24) is 4.98 Å². The van der Waals surface area contributed by atoms with E-state index in [1.807, 2.05) is 36.4 Å². The average Bonchev–Trinajstić information content (AvgIpc) is 2.46. The third-order valence-electron chi connectivity index (χ3n) is 2.97. The summed E-state index contributed by atoms with van der Waals surface area (Å²) in [5.41, 5.74) is 9.27. The third kappa shape index (κ3) is 3.02. The van der Waals surface area contributed by atoms with Crippen molar-refractivity contribution in [1.29, 1.82) is 5.26 Å². The van der Waals surface area contributed by atoms with Crippen LogP contribution in [0.25, 0.3) is 0 Å². The number of nitrogens with two attached hydrogens (primary N) is 1. The van der Waals surface area contributed by atoms with Gasteiger partial charge in [-0.2, -0.15) is 5.26 Å². The fourth-order valence-corrected chi connectivity index (χ4v) is 2.00. The molecular weight excluding hydrogens is 236 g/mol. The summed E-state index contributed by atoms with van der Waals surface area (Å²) in [6.07, 6.45) is 1.66. The van der Waals surface area contributed by atoms with Gasteiger partial charge in [-0.05, 0) is 36.8 Å². The number of nitriles is 1. The smallest absolute Gasteiger partial charge is 0.140 e. The summed E-state index contributed by atoms with van der Waals surface area (Å²) in [7, 11) is 0. The highest BCUT2D eigenvalue weighted by Gasteiger charge is 2.08. The minimum Gasteiger partial charge on any atom is -0.397 e. The van der Waals surface area contributed by atoms with E-state index in [0.717, 1.165) is 23.5 Å². The Morgan fingerprint density at radius 1 is 1.32 bits per heavy atom. The first kappa shape index (κ1) is 12.9. The van der Waals surface area contributed by atoms with Gasteiger partial charge in [0.1, 0.15) is 11.8 Å². The number of benzene rings is 1. The molecule has 1 aromatic heterocycles. The van der Waals surface area contributed by atoms with Crippen molar-refractivity contribution in [2.24, 2.45) is 0 Å². The topological polar surface area (TPSA) is 65.9 Å². The molecule has 0 saturated heterocycles. The lowest BCUT2D eigenvalue weighted by Crippen LogP contribution is -2.23. The van der Waals surface area contributed by atoms with Crippen LogP contribution in [0.4, 0.5) is 11.4 Å². The minimum atomic E-state index is 0.439. The number of hydrogen-bond acceptors (Lipinski definition) is 4. The molecule has 0 aliphatic heterocycles. The van der Waals surface area contributed by atoms with Gasteiger partial charge in [-0.25, -0.2) is 4.98 Å². The first-order valence-corrected chi connectivity index (χ1v) is 6.19. The summed E-state index contributed by atoms with van der Waals surface area (Å²) in [5, 5.41) is 8.87. The summed E-state index contributed by atoms with van der Waals surface area (Å²) in [6.45, 7) is 3.64. The van der Waals surface area contributed by atoms with Crippen molar-refractivity contribution >= 4 is 11.4 Å². The highest BCUT2D eigenvalue weighted by Crippen LogP contribution is 2.23. The van der Waals surface area contributed by atoms with Crippen LogP contribution in [0.2, 0.25) is 0 Å². The number of nitrogens with zero attached hydrogens (tertiary/aromatic N) is 3. The van der Waals surface area contributed by atoms with Crippen LogP contribution in [0, 0.1) is 11.3 Å². The maximum absolute atomic E-state index is 8.87.